The van der Waals surface area contributed by atoms with Crippen LogP contribution in [0, 0.1) is 6.92 Å². The van der Waals surface area contributed by atoms with Gasteiger partial charge in [-0.05, 0) is 12.5 Å². The number of carbonyl (C=O) groups excluding carboxylic acids is 2. The Bertz CT molecular complexity index is 681. The van der Waals surface area contributed by atoms with E-state index in [2.05, 4.69) is 15.8 Å². The van der Waals surface area contributed by atoms with Gasteiger partial charge in [-0.2, -0.15) is 0 Å². The molecule has 136 valence electrons. The molecular weight excluding hydrogens is 364 g/mol. The summed E-state index contributed by atoms with van der Waals surface area (Å²) in [4.78, 5) is 23.5. The van der Waals surface area contributed by atoms with E-state index in [1.807, 2.05) is 30.3 Å². The van der Waals surface area contributed by atoms with Crippen molar-refractivity contribution in [3.8, 4) is 0 Å². The Morgan fingerprint density at radius 2 is 1.92 bits per heavy atom. The molecule has 2 amide bonds. The molecule has 4 N–H and O–H groups in total. The van der Waals surface area contributed by atoms with Crippen LogP contribution in [0.15, 0.2) is 40.9 Å². The molecule has 0 aliphatic heterocycles. The Labute approximate surface area is 156 Å². The number of halogens is 1. The van der Waals surface area contributed by atoms with Gasteiger partial charge in [0.25, 0.3) is 0 Å². The SMILES string of the molecule is Cc1cc(NC(=O)CSCC(=O)NCC(N)c2ccccc2)no1.Cl. The summed E-state index contributed by atoms with van der Waals surface area (Å²) in [6, 6.07) is 10.9. The second kappa shape index (κ2) is 10.8. The van der Waals surface area contributed by atoms with Gasteiger partial charge in [0.2, 0.25) is 11.8 Å². The molecule has 9 heteroatoms. The first-order chi connectivity index (χ1) is 11.5. The Morgan fingerprint density at radius 3 is 2.56 bits per heavy atom. The van der Waals surface area contributed by atoms with Crippen LogP contribution in [-0.2, 0) is 9.59 Å². The molecular formula is C16H21ClN4O3S. The second-order valence-corrected chi connectivity index (χ2v) is 6.17. The van der Waals surface area contributed by atoms with E-state index in [1.54, 1.807) is 13.0 Å². The number of thioether (sulfide) groups is 1. The van der Waals surface area contributed by atoms with E-state index in [-0.39, 0.29) is 41.8 Å². The van der Waals surface area contributed by atoms with Crippen molar-refractivity contribution in [3.05, 3.63) is 47.7 Å². The fourth-order valence-corrected chi connectivity index (χ4v) is 2.58. The number of nitrogens with zero attached hydrogens (tertiary/aromatic N) is 1. The third-order valence-electron chi connectivity index (χ3n) is 3.11. The van der Waals surface area contributed by atoms with Crippen LogP contribution in [0.5, 0.6) is 0 Å². The van der Waals surface area contributed by atoms with Crippen LogP contribution in [0.1, 0.15) is 17.4 Å². The number of anilines is 1. The van der Waals surface area contributed by atoms with E-state index in [0.717, 1.165) is 5.56 Å². The van der Waals surface area contributed by atoms with Crippen LogP contribution in [-0.4, -0.2) is 35.0 Å². The summed E-state index contributed by atoms with van der Waals surface area (Å²) in [6.45, 7) is 2.09. The Morgan fingerprint density at radius 1 is 1.24 bits per heavy atom. The normalized spacial score (nSPS) is 11.3. The predicted octanol–water partition coefficient (Wildman–Crippen LogP) is 1.89. The molecule has 1 aromatic heterocycles. The van der Waals surface area contributed by atoms with Crippen molar-refractivity contribution in [2.45, 2.75) is 13.0 Å². The summed E-state index contributed by atoms with van der Waals surface area (Å²) in [6.07, 6.45) is 0. The number of amides is 2. The Kier molecular flexibility index (Phi) is 9.04. The molecule has 0 bridgehead atoms. The quantitative estimate of drug-likeness (QED) is 0.641. The van der Waals surface area contributed by atoms with Crippen LogP contribution in [0.4, 0.5) is 5.82 Å². The second-order valence-electron chi connectivity index (χ2n) is 5.19. The van der Waals surface area contributed by atoms with Gasteiger partial charge >= 0.3 is 0 Å². The van der Waals surface area contributed by atoms with Crippen LogP contribution >= 0.6 is 24.2 Å². The highest BCUT2D eigenvalue weighted by atomic mass is 35.5. The van der Waals surface area contributed by atoms with Crippen molar-refractivity contribution in [2.24, 2.45) is 5.73 Å². The van der Waals surface area contributed by atoms with E-state index in [4.69, 9.17) is 10.3 Å². The maximum atomic E-state index is 11.8. The molecule has 0 radical (unpaired) electrons. The first-order valence-electron chi connectivity index (χ1n) is 7.42. The van der Waals surface area contributed by atoms with E-state index >= 15 is 0 Å². The van der Waals surface area contributed by atoms with Gasteiger partial charge in [0.15, 0.2) is 5.82 Å². The lowest BCUT2D eigenvalue weighted by atomic mass is 10.1. The minimum absolute atomic E-state index is 0. The van der Waals surface area contributed by atoms with Crippen molar-refractivity contribution < 1.29 is 14.1 Å². The molecule has 0 saturated heterocycles. The highest BCUT2D eigenvalue weighted by Gasteiger charge is 2.10. The number of hydrogen-bond acceptors (Lipinski definition) is 6. The van der Waals surface area contributed by atoms with E-state index in [0.29, 0.717) is 18.1 Å². The average Bonchev–Trinajstić information content (AvgIpc) is 2.98. The topological polar surface area (TPSA) is 110 Å². The number of carbonyl (C=O) groups is 2. The van der Waals surface area contributed by atoms with Gasteiger partial charge in [0.1, 0.15) is 5.76 Å². The van der Waals surface area contributed by atoms with Crippen molar-refractivity contribution in [2.75, 3.05) is 23.4 Å². The van der Waals surface area contributed by atoms with Crippen LogP contribution in [0.25, 0.3) is 0 Å². The minimum Gasteiger partial charge on any atom is -0.360 e. The van der Waals surface area contributed by atoms with Gasteiger partial charge < -0.3 is 20.9 Å². The maximum absolute atomic E-state index is 11.8. The summed E-state index contributed by atoms with van der Waals surface area (Å²) in [5, 5.41) is 9.02. The molecule has 0 saturated carbocycles. The largest absolute Gasteiger partial charge is 0.360 e. The zero-order valence-electron chi connectivity index (χ0n) is 13.7. The summed E-state index contributed by atoms with van der Waals surface area (Å²) in [7, 11) is 0. The van der Waals surface area contributed by atoms with Gasteiger partial charge in [-0.25, -0.2) is 0 Å². The molecule has 0 fully saturated rings. The highest BCUT2D eigenvalue weighted by Crippen LogP contribution is 2.09. The summed E-state index contributed by atoms with van der Waals surface area (Å²) in [5.41, 5.74) is 6.97. The van der Waals surface area contributed by atoms with Crippen molar-refractivity contribution in [3.63, 3.8) is 0 Å². The Balaban J connectivity index is 0.00000312. The fraction of sp³-hybridized carbons (Fsp3) is 0.312. The van der Waals surface area contributed by atoms with Gasteiger partial charge in [-0.15, -0.1) is 24.2 Å². The number of hydrogen-bond donors (Lipinski definition) is 3. The number of rotatable bonds is 8. The molecule has 2 aromatic rings. The number of benzene rings is 1. The van der Waals surface area contributed by atoms with Crippen LogP contribution in [0.2, 0.25) is 0 Å². The van der Waals surface area contributed by atoms with Gasteiger partial charge in [0, 0.05) is 18.7 Å². The van der Waals surface area contributed by atoms with E-state index < -0.39 is 0 Å². The third kappa shape index (κ3) is 7.59. The first kappa shape index (κ1) is 21.0. The van der Waals surface area contributed by atoms with Crippen LogP contribution in [0.3, 0.4) is 0 Å². The predicted molar refractivity (Wildman–Crippen MR) is 101 cm³/mol. The zero-order valence-corrected chi connectivity index (χ0v) is 15.4. The smallest absolute Gasteiger partial charge is 0.235 e. The van der Waals surface area contributed by atoms with Crippen molar-refractivity contribution in [1.29, 1.82) is 0 Å². The summed E-state index contributed by atoms with van der Waals surface area (Å²) < 4.78 is 4.85. The zero-order chi connectivity index (χ0) is 17.4. The molecule has 0 aliphatic rings. The minimum atomic E-state index is -0.251. The lowest BCUT2D eigenvalue weighted by molar-refractivity contribution is -0.118. The number of aryl methyl sites for hydroxylation is 1. The average molecular weight is 385 g/mol. The number of nitrogens with one attached hydrogen (secondary N) is 2. The summed E-state index contributed by atoms with van der Waals surface area (Å²) in [5.74, 6) is 0.943. The highest BCUT2D eigenvalue weighted by molar-refractivity contribution is 8.00. The van der Waals surface area contributed by atoms with Crippen molar-refractivity contribution >= 4 is 41.8 Å². The van der Waals surface area contributed by atoms with Gasteiger partial charge in [0.05, 0.1) is 11.5 Å². The summed E-state index contributed by atoms with van der Waals surface area (Å²) >= 11 is 1.22. The lowest BCUT2D eigenvalue weighted by Crippen LogP contribution is -2.33. The van der Waals surface area contributed by atoms with Crippen LogP contribution < -0.4 is 16.4 Å². The number of nitrogens with two attached hydrogens (primary N) is 1. The van der Waals surface area contributed by atoms with Crippen molar-refractivity contribution in [1.82, 2.24) is 10.5 Å². The molecule has 2 rings (SSSR count). The molecule has 1 aromatic carbocycles. The standard InChI is InChI=1S/C16H20N4O3S.ClH/c1-11-7-14(20-23-11)19-16(22)10-24-9-15(21)18-8-13(17)12-5-3-2-4-6-12;/h2-7,13H,8-10,17H2,1H3,(H,18,21)(H,19,20,22);1H. The molecule has 1 heterocycles. The lowest BCUT2D eigenvalue weighted by Gasteiger charge is -2.13. The molecule has 1 unspecified atom stereocenters. The maximum Gasteiger partial charge on any atom is 0.235 e. The Hall–Kier alpha value is -2.03. The molecule has 7 nitrogen and oxygen atoms in total. The molecule has 1 atom stereocenters. The molecule has 0 spiro atoms. The fourth-order valence-electron chi connectivity index (χ4n) is 1.93. The number of aromatic nitrogens is 1. The van der Waals surface area contributed by atoms with Gasteiger partial charge in [-0.3, -0.25) is 9.59 Å². The first-order valence-corrected chi connectivity index (χ1v) is 8.58. The molecule has 0 aliphatic carbocycles. The van der Waals surface area contributed by atoms with Gasteiger partial charge in [-0.1, -0.05) is 35.5 Å². The van der Waals surface area contributed by atoms with E-state index in [9.17, 15) is 9.59 Å². The molecule has 25 heavy (non-hydrogen) atoms. The van der Waals surface area contributed by atoms with E-state index in [1.165, 1.54) is 11.8 Å². The third-order valence-corrected chi connectivity index (χ3v) is 4.04. The monoisotopic (exact) mass is 384 g/mol.